The second-order valence-electron chi connectivity index (χ2n) is 4.09. The number of rotatable bonds is 12. The molecule has 0 saturated heterocycles. The molecule has 6 nitrogen and oxygen atoms in total. The van der Waals surface area contributed by atoms with Crippen molar-refractivity contribution >= 4 is 7.60 Å². The van der Waals surface area contributed by atoms with E-state index in [1.165, 1.54) is 0 Å². The molecular formula is C11H25O6P. The predicted molar refractivity (Wildman–Crippen MR) is 68.9 cm³/mol. The van der Waals surface area contributed by atoms with Gasteiger partial charge in [-0.05, 0) is 6.42 Å². The third-order valence-electron chi connectivity index (χ3n) is 2.33. The van der Waals surface area contributed by atoms with E-state index in [0.717, 1.165) is 12.8 Å². The molecule has 0 heterocycles. The number of unbranched alkanes of at least 4 members (excludes halogenated alkanes) is 1. The first-order chi connectivity index (χ1) is 8.49. The van der Waals surface area contributed by atoms with Crippen molar-refractivity contribution in [3.8, 4) is 0 Å². The Morgan fingerprint density at radius 1 is 1.17 bits per heavy atom. The fourth-order valence-electron chi connectivity index (χ4n) is 1.44. The highest BCUT2D eigenvalue weighted by Gasteiger charge is 2.21. The first kappa shape index (κ1) is 18.0. The first-order valence-corrected chi connectivity index (χ1v) is 8.02. The maximum Gasteiger partial charge on any atom is 0.328 e. The highest BCUT2D eigenvalue weighted by Crippen LogP contribution is 2.36. The van der Waals surface area contributed by atoms with Gasteiger partial charge in [-0.25, -0.2) is 0 Å². The largest absolute Gasteiger partial charge is 0.382 e. The SMILES string of the molecule is CCCCC(CP(=O)(O)O)OCCOCCOC. The minimum atomic E-state index is -4.01. The molecule has 0 aromatic carbocycles. The van der Waals surface area contributed by atoms with Crippen LogP contribution in [0.25, 0.3) is 0 Å². The molecule has 18 heavy (non-hydrogen) atoms. The van der Waals surface area contributed by atoms with Gasteiger partial charge < -0.3 is 24.0 Å². The summed E-state index contributed by atoms with van der Waals surface area (Å²) in [7, 11) is -2.42. The fourth-order valence-corrected chi connectivity index (χ4v) is 2.26. The Balaban J connectivity index is 3.76. The van der Waals surface area contributed by atoms with E-state index in [9.17, 15) is 4.57 Å². The third-order valence-corrected chi connectivity index (χ3v) is 3.22. The van der Waals surface area contributed by atoms with Crippen LogP contribution in [0.3, 0.4) is 0 Å². The van der Waals surface area contributed by atoms with Gasteiger partial charge in [-0.2, -0.15) is 0 Å². The molecule has 1 unspecified atom stereocenters. The van der Waals surface area contributed by atoms with Gasteiger partial charge in [-0.1, -0.05) is 19.8 Å². The van der Waals surface area contributed by atoms with Crippen LogP contribution in [0.1, 0.15) is 26.2 Å². The summed E-state index contributed by atoms with van der Waals surface area (Å²) in [6, 6.07) is 0. The summed E-state index contributed by atoms with van der Waals surface area (Å²) in [6.45, 7) is 3.81. The Bertz CT molecular complexity index is 230. The lowest BCUT2D eigenvalue weighted by Crippen LogP contribution is -2.21. The van der Waals surface area contributed by atoms with Crippen LogP contribution in [0.2, 0.25) is 0 Å². The van der Waals surface area contributed by atoms with Crippen LogP contribution in [0.15, 0.2) is 0 Å². The van der Waals surface area contributed by atoms with E-state index < -0.39 is 13.7 Å². The maximum atomic E-state index is 10.9. The average molecular weight is 284 g/mol. The Morgan fingerprint density at radius 3 is 2.39 bits per heavy atom. The zero-order chi connectivity index (χ0) is 13.9. The van der Waals surface area contributed by atoms with Crippen molar-refractivity contribution in [2.24, 2.45) is 0 Å². The van der Waals surface area contributed by atoms with E-state index in [2.05, 4.69) is 0 Å². The molecular weight excluding hydrogens is 259 g/mol. The van der Waals surface area contributed by atoms with Gasteiger partial charge in [0.2, 0.25) is 0 Å². The lowest BCUT2D eigenvalue weighted by molar-refractivity contribution is -0.00344. The number of hydrogen-bond donors (Lipinski definition) is 2. The molecule has 0 spiro atoms. The topological polar surface area (TPSA) is 85.2 Å². The summed E-state index contributed by atoms with van der Waals surface area (Å²) < 4.78 is 26.4. The average Bonchev–Trinajstić information content (AvgIpc) is 2.28. The molecule has 0 radical (unpaired) electrons. The van der Waals surface area contributed by atoms with Gasteiger partial charge in [0.15, 0.2) is 0 Å². The lowest BCUT2D eigenvalue weighted by atomic mass is 10.2. The van der Waals surface area contributed by atoms with Crippen LogP contribution in [0.5, 0.6) is 0 Å². The van der Waals surface area contributed by atoms with E-state index in [0.29, 0.717) is 32.8 Å². The molecule has 110 valence electrons. The van der Waals surface area contributed by atoms with E-state index in [1.807, 2.05) is 6.92 Å². The molecule has 1 atom stereocenters. The lowest BCUT2D eigenvalue weighted by Gasteiger charge is -2.18. The van der Waals surface area contributed by atoms with Crippen molar-refractivity contribution in [2.45, 2.75) is 32.3 Å². The van der Waals surface area contributed by atoms with Crippen LogP contribution >= 0.6 is 7.60 Å². The van der Waals surface area contributed by atoms with Gasteiger partial charge in [0.05, 0.1) is 38.7 Å². The van der Waals surface area contributed by atoms with Crippen molar-refractivity contribution in [2.75, 3.05) is 39.7 Å². The van der Waals surface area contributed by atoms with Gasteiger partial charge in [-0.15, -0.1) is 0 Å². The summed E-state index contributed by atoms with van der Waals surface area (Å²) in [5.41, 5.74) is 0. The summed E-state index contributed by atoms with van der Waals surface area (Å²) >= 11 is 0. The fraction of sp³-hybridized carbons (Fsp3) is 1.00. The van der Waals surface area contributed by atoms with Crippen LogP contribution in [-0.4, -0.2) is 55.6 Å². The van der Waals surface area contributed by atoms with Gasteiger partial charge >= 0.3 is 7.60 Å². The summed E-state index contributed by atoms with van der Waals surface area (Å²) in [6.07, 6.45) is 1.93. The molecule has 0 aliphatic rings. The van der Waals surface area contributed by atoms with E-state index in [1.54, 1.807) is 7.11 Å². The monoisotopic (exact) mass is 284 g/mol. The van der Waals surface area contributed by atoms with Gasteiger partial charge in [0.25, 0.3) is 0 Å². The highest BCUT2D eigenvalue weighted by molar-refractivity contribution is 7.51. The van der Waals surface area contributed by atoms with Crippen molar-refractivity contribution in [1.82, 2.24) is 0 Å². The first-order valence-electron chi connectivity index (χ1n) is 6.22. The van der Waals surface area contributed by atoms with Crippen LogP contribution in [-0.2, 0) is 18.8 Å². The third kappa shape index (κ3) is 12.5. The second kappa shape index (κ2) is 10.9. The molecule has 0 aliphatic carbocycles. The van der Waals surface area contributed by atoms with Gasteiger partial charge in [0.1, 0.15) is 0 Å². The normalized spacial score (nSPS) is 13.8. The predicted octanol–water partition coefficient (Wildman–Crippen LogP) is 1.40. The molecule has 0 aromatic heterocycles. The zero-order valence-electron chi connectivity index (χ0n) is 11.2. The Morgan fingerprint density at radius 2 is 1.83 bits per heavy atom. The van der Waals surface area contributed by atoms with Crippen molar-refractivity contribution in [1.29, 1.82) is 0 Å². The number of ether oxygens (including phenoxy) is 3. The molecule has 0 saturated carbocycles. The molecule has 0 amide bonds. The van der Waals surface area contributed by atoms with Crippen LogP contribution in [0.4, 0.5) is 0 Å². The van der Waals surface area contributed by atoms with Crippen molar-refractivity contribution in [3.63, 3.8) is 0 Å². The van der Waals surface area contributed by atoms with E-state index in [-0.39, 0.29) is 6.16 Å². The Labute approximate surface area is 109 Å². The minimum absolute atomic E-state index is 0.217. The zero-order valence-corrected chi connectivity index (χ0v) is 12.1. The van der Waals surface area contributed by atoms with Gasteiger partial charge in [0, 0.05) is 7.11 Å². The van der Waals surface area contributed by atoms with Crippen LogP contribution < -0.4 is 0 Å². The highest BCUT2D eigenvalue weighted by atomic mass is 31.2. The minimum Gasteiger partial charge on any atom is -0.382 e. The molecule has 0 aliphatic heterocycles. The smallest absolute Gasteiger partial charge is 0.328 e. The molecule has 0 aromatic rings. The number of hydrogen-bond acceptors (Lipinski definition) is 4. The summed E-state index contributed by atoms with van der Waals surface area (Å²) in [5.74, 6) is 0. The molecule has 7 heteroatoms. The molecule has 2 N–H and O–H groups in total. The number of methoxy groups -OCH3 is 1. The molecule has 0 rings (SSSR count). The van der Waals surface area contributed by atoms with Crippen LogP contribution in [0, 0.1) is 0 Å². The van der Waals surface area contributed by atoms with Crippen molar-refractivity contribution in [3.05, 3.63) is 0 Å². The summed E-state index contributed by atoms with van der Waals surface area (Å²) in [4.78, 5) is 17.9. The second-order valence-corrected chi connectivity index (χ2v) is 5.78. The summed E-state index contributed by atoms with van der Waals surface area (Å²) in [5, 5.41) is 0. The maximum absolute atomic E-state index is 10.9. The van der Waals surface area contributed by atoms with Crippen molar-refractivity contribution < 1.29 is 28.6 Å². The molecule has 0 fully saturated rings. The molecule has 0 bridgehead atoms. The Kier molecular flexibility index (Phi) is 10.9. The quantitative estimate of drug-likeness (QED) is 0.416. The van der Waals surface area contributed by atoms with Gasteiger partial charge in [-0.3, -0.25) is 4.57 Å². The Hall–Kier alpha value is 0.0300. The van der Waals surface area contributed by atoms with E-state index in [4.69, 9.17) is 24.0 Å². The van der Waals surface area contributed by atoms with E-state index >= 15 is 0 Å². The standard InChI is InChI=1S/C11H25O6P/c1-3-4-5-11(10-18(12,13)14)17-9-8-16-7-6-15-2/h11H,3-10H2,1-2H3,(H2,12,13,14).